The molecule has 0 aromatic heterocycles. The van der Waals surface area contributed by atoms with Crippen molar-refractivity contribution in [1.29, 1.82) is 0 Å². The summed E-state index contributed by atoms with van der Waals surface area (Å²) in [5, 5.41) is 3.20. The highest BCUT2D eigenvalue weighted by Crippen LogP contribution is 2.38. The molecule has 0 saturated carbocycles. The molecule has 5 rings (SSSR count). The molecule has 6 heteroatoms. The van der Waals surface area contributed by atoms with Gasteiger partial charge < -0.3 is 14.8 Å². The molecule has 6 nitrogen and oxygen atoms in total. The summed E-state index contributed by atoms with van der Waals surface area (Å²) < 4.78 is 11.3. The van der Waals surface area contributed by atoms with Crippen molar-refractivity contribution in [2.45, 2.75) is 20.8 Å². The van der Waals surface area contributed by atoms with E-state index in [0.717, 1.165) is 16.7 Å². The minimum absolute atomic E-state index is 0.237. The number of benzene rings is 3. The molecule has 2 aliphatic rings. The van der Waals surface area contributed by atoms with E-state index < -0.39 is 0 Å². The molecular formula is C27H24N2O4. The molecule has 0 aliphatic carbocycles. The Kier molecular flexibility index (Phi) is 5.13. The van der Waals surface area contributed by atoms with Crippen LogP contribution in [-0.2, 0) is 9.59 Å². The predicted molar refractivity (Wildman–Crippen MR) is 128 cm³/mol. The number of carbonyl (C=O) groups excluding carboxylic acids is 2. The summed E-state index contributed by atoms with van der Waals surface area (Å²) >= 11 is 0. The molecule has 0 radical (unpaired) electrons. The van der Waals surface area contributed by atoms with Gasteiger partial charge in [0.1, 0.15) is 18.9 Å². The number of amides is 2. The molecule has 2 aliphatic heterocycles. The molecular weight excluding hydrogens is 416 g/mol. The van der Waals surface area contributed by atoms with Crippen LogP contribution < -0.4 is 19.7 Å². The number of anilines is 2. The number of hydrogen-bond acceptors (Lipinski definition) is 5. The normalized spacial score (nSPS) is 15.3. The molecule has 0 saturated heterocycles. The van der Waals surface area contributed by atoms with Gasteiger partial charge in [0.05, 0.1) is 11.3 Å². The smallest absolute Gasteiger partial charge is 0.282 e. The Hall–Kier alpha value is -4.06. The zero-order valence-electron chi connectivity index (χ0n) is 18.8. The Bertz CT molecular complexity index is 1310. The lowest BCUT2D eigenvalue weighted by Crippen LogP contribution is -2.33. The number of rotatable bonds is 4. The zero-order valence-corrected chi connectivity index (χ0v) is 18.8. The fourth-order valence-electron chi connectivity index (χ4n) is 4.10. The van der Waals surface area contributed by atoms with Crippen LogP contribution in [0.3, 0.4) is 0 Å². The topological polar surface area (TPSA) is 67.9 Å². The number of nitrogens with one attached hydrogen (secondary N) is 1. The Morgan fingerprint density at radius 2 is 1.55 bits per heavy atom. The fourth-order valence-corrected chi connectivity index (χ4v) is 4.10. The first kappa shape index (κ1) is 20.8. The Morgan fingerprint density at radius 3 is 2.30 bits per heavy atom. The first-order valence-corrected chi connectivity index (χ1v) is 10.9. The number of aryl methyl sites for hydroxylation is 2. The maximum absolute atomic E-state index is 13.7. The van der Waals surface area contributed by atoms with Crippen molar-refractivity contribution in [3.8, 4) is 11.5 Å². The van der Waals surface area contributed by atoms with E-state index in [1.54, 1.807) is 18.2 Å². The minimum Gasteiger partial charge on any atom is -0.486 e. The van der Waals surface area contributed by atoms with Gasteiger partial charge >= 0.3 is 0 Å². The van der Waals surface area contributed by atoms with Crippen molar-refractivity contribution in [3.63, 3.8) is 0 Å². The summed E-state index contributed by atoms with van der Waals surface area (Å²) in [5.41, 5.74) is 5.48. The van der Waals surface area contributed by atoms with E-state index in [1.165, 1.54) is 4.90 Å². The van der Waals surface area contributed by atoms with Crippen LogP contribution in [0.25, 0.3) is 5.57 Å². The van der Waals surface area contributed by atoms with E-state index in [2.05, 4.69) is 5.32 Å². The molecule has 0 fully saturated rings. The molecule has 33 heavy (non-hydrogen) atoms. The monoisotopic (exact) mass is 440 g/mol. The average molecular weight is 440 g/mol. The quantitative estimate of drug-likeness (QED) is 0.592. The summed E-state index contributed by atoms with van der Waals surface area (Å²) in [5.74, 6) is 0.522. The van der Waals surface area contributed by atoms with Crippen molar-refractivity contribution in [2.24, 2.45) is 0 Å². The lowest BCUT2D eigenvalue weighted by atomic mass is 10.0. The molecule has 3 aromatic carbocycles. The molecule has 2 heterocycles. The first-order valence-electron chi connectivity index (χ1n) is 10.9. The van der Waals surface area contributed by atoms with Crippen LogP contribution in [0.2, 0.25) is 0 Å². The number of hydrogen-bond donors (Lipinski definition) is 1. The highest BCUT2D eigenvalue weighted by molar-refractivity contribution is 6.46. The second-order valence-corrected chi connectivity index (χ2v) is 8.26. The number of fused-ring (bicyclic) bond motifs is 1. The van der Waals surface area contributed by atoms with E-state index in [9.17, 15) is 9.59 Å². The molecule has 0 unspecified atom stereocenters. The predicted octanol–water partition coefficient (Wildman–Crippen LogP) is 4.78. The van der Waals surface area contributed by atoms with Crippen molar-refractivity contribution in [1.82, 2.24) is 0 Å². The minimum atomic E-state index is -0.390. The number of ether oxygens (including phenoxy) is 2. The fraction of sp³-hybridized carbons (Fsp3) is 0.185. The van der Waals surface area contributed by atoms with Gasteiger partial charge in [-0.2, -0.15) is 0 Å². The standard InChI is InChI=1S/C27H24N2O4/c1-16-7-9-19(10-8-16)24-25(28-20-11-12-22-23(15-20)33-14-13-32-22)27(31)29(26(24)30)21-6-4-5-17(2)18(21)3/h4-12,15,28H,13-14H2,1-3H3. The summed E-state index contributed by atoms with van der Waals surface area (Å²) in [6.45, 7) is 6.83. The molecule has 1 N–H and O–H groups in total. The van der Waals surface area contributed by atoms with Crippen LogP contribution in [0.15, 0.2) is 66.4 Å². The molecule has 0 spiro atoms. The van der Waals surface area contributed by atoms with Gasteiger partial charge in [-0.1, -0.05) is 42.0 Å². The van der Waals surface area contributed by atoms with Gasteiger partial charge in [-0.3, -0.25) is 9.59 Å². The summed E-state index contributed by atoms with van der Waals surface area (Å²) in [4.78, 5) is 28.6. The van der Waals surface area contributed by atoms with Crippen LogP contribution in [0.5, 0.6) is 11.5 Å². The van der Waals surface area contributed by atoms with E-state index in [0.29, 0.717) is 47.2 Å². The van der Waals surface area contributed by atoms with E-state index in [1.807, 2.05) is 63.2 Å². The Labute approximate surface area is 192 Å². The second kappa shape index (κ2) is 8.13. The van der Waals surface area contributed by atoms with Gasteiger partial charge in [0.2, 0.25) is 0 Å². The van der Waals surface area contributed by atoms with Crippen molar-refractivity contribution in [2.75, 3.05) is 23.4 Å². The van der Waals surface area contributed by atoms with Crippen molar-refractivity contribution in [3.05, 3.63) is 88.6 Å². The van der Waals surface area contributed by atoms with E-state index in [-0.39, 0.29) is 17.5 Å². The zero-order chi connectivity index (χ0) is 23.1. The van der Waals surface area contributed by atoms with Crippen LogP contribution in [0.4, 0.5) is 11.4 Å². The Morgan fingerprint density at radius 1 is 0.818 bits per heavy atom. The van der Waals surface area contributed by atoms with E-state index >= 15 is 0 Å². The van der Waals surface area contributed by atoms with Crippen molar-refractivity contribution >= 4 is 28.8 Å². The second-order valence-electron chi connectivity index (χ2n) is 8.26. The number of imide groups is 1. The highest BCUT2D eigenvalue weighted by Gasteiger charge is 2.41. The van der Waals surface area contributed by atoms with Gasteiger partial charge in [0.25, 0.3) is 11.8 Å². The van der Waals surface area contributed by atoms with Crippen LogP contribution in [-0.4, -0.2) is 25.0 Å². The SMILES string of the molecule is Cc1ccc(C2=C(Nc3ccc4c(c3)OCCO4)C(=O)N(c3cccc(C)c3C)C2=O)cc1. The first-order chi connectivity index (χ1) is 15.9. The van der Waals surface area contributed by atoms with Gasteiger partial charge in [-0.25, -0.2) is 4.90 Å². The van der Waals surface area contributed by atoms with E-state index in [4.69, 9.17) is 9.47 Å². The molecule has 3 aromatic rings. The third kappa shape index (κ3) is 3.63. The van der Waals surface area contributed by atoms with Crippen LogP contribution in [0.1, 0.15) is 22.3 Å². The molecule has 2 amide bonds. The highest BCUT2D eigenvalue weighted by atomic mass is 16.6. The number of nitrogens with zero attached hydrogens (tertiary/aromatic N) is 1. The average Bonchev–Trinajstić information content (AvgIpc) is 3.05. The van der Waals surface area contributed by atoms with Crippen LogP contribution >= 0.6 is 0 Å². The van der Waals surface area contributed by atoms with Crippen molar-refractivity contribution < 1.29 is 19.1 Å². The van der Waals surface area contributed by atoms with Gasteiger partial charge in [0, 0.05) is 11.8 Å². The summed E-state index contributed by atoms with van der Waals surface area (Å²) in [6, 6.07) is 18.6. The lowest BCUT2D eigenvalue weighted by Gasteiger charge is -2.20. The largest absolute Gasteiger partial charge is 0.486 e. The van der Waals surface area contributed by atoms with Gasteiger partial charge in [0.15, 0.2) is 11.5 Å². The maximum Gasteiger partial charge on any atom is 0.282 e. The molecule has 166 valence electrons. The van der Waals surface area contributed by atoms with Gasteiger partial charge in [-0.05, 0) is 55.7 Å². The summed E-state index contributed by atoms with van der Waals surface area (Å²) in [6.07, 6.45) is 0. The molecule has 0 bridgehead atoms. The lowest BCUT2D eigenvalue weighted by molar-refractivity contribution is -0.120. The molecule has 0 atom stereocenters. The van der Waals surface area contributed by atoms with Gasteiger partial charge in [-0.15, -0.1) is 0 Å². The summed E-state index contributed by atoms with van der Waals surface area (Å²) in [7, 11) is 0. The third-order valence-corrected chi connectivity index (χ3v) is 6.05. The third-order valence-electron chi connectivity index (χ3n) is 6.05. The number of carbonyl (C=O) groups is 2. The van der Waals surface area contributed by atoms with Crippen LogP contribution in [0, 0.1) is 20.8 Å². The Balaban J connectivity index is 1.60. The maximum atomic E-state index is 13.7.